The SMILES string of the molecule is BC(=O)N1C[C@H](O)C[C@H]1C(=O)O. The first-order chi connectivity index (χ1) is 5.52. The minimum absolute atomic E-state index is 0.131. The molecule has 1 heterocycles. The van der Waals surface area contributed by atoms with Crippen LogP contribution in [0, 0.1) is 0 Å². The second kappa shape index (κ2) is 3.14. The van der Waals surface area contributed by atoms with E-state index in [-0.39, 0.29) is 18.8 Å². The second-order valence-corrected chi connectivity index (χ2v) is 2.91. The summed E-state index contributed by atoms with van der Waals surface area (Å²) >= 11 is 0. The van der Waals surface area contributed by atoms with Crippen molar-refractivity contribution in [2.75, 3.05) is 6.54 Å². The third-order valence-corrected chi connectivity index (χ3v) is 1.97. The van der Waals surface area contributed by atoms with Crippen LogP contribution in [-0.4, -0.2) is 53.4 Å². The maximum Gasteiger partial charge on any atom is 0.326 e. The number of aliphatic hydroxyl groups excluding tert-OH is 1. The van der Waals surface area contributed by atoms with Gasteiger partial charge in [-0.05, 0) is 0 Å². The number of rotatable bonds is 1. The van der Waals surface area contributed by atoms with E-state index in [0.717, 1.165) is 0 Å². The maximum atomic E-state index is 10.9. The summed E-state index contributed by atoms with van der Waals surface area (Å²) in [4.78, 5) is 22.6. The minimum atomic E-state index is -1.05. The lowest BCUT2D eigenvalue weighted by molar-refractivity contribution is -0.141. The highest BCUT2D eigenvalue weighted by molar-refractivity contribution is 6.57. The van der Waals surface area contributed by atoms with Gasteiger partial charge in [-0.2, -0.15) is 0 Å². The summed E-state index contributed by atoms with van der Waals surface area (Å²) in [5, 5.41) is 17.8. The Bertz CT molecular complexity index is 198. The first-order valence-electron chi connectivity index (χ1n) is 3.70. The zero-order valence-electron chi connectivity index (χ0n) is 6.73. The number of aliphatic hydroxyl groups is 1. The van der Waals surface area contributed by atoms with E-state index >= 15 is 0 Å². The Labute approximate surface area is 70.4 Å². The molecule has 0 spiro atoms. The van der Waals surface area contributed by atoms with Gasteiger partial charge in [0.15, 0.2) is 5.81 Å². The number of hydrogen-bond donors (Lipinski definition) is 2. The van der Waals surface area contributed by atoms with E-state index < -0.39 is 18.1 Å². The van der Waals surface area contributed by atoms with E-state index in [0.29, 0.717) is 0 Å². The van der Waals surface area contributed by atoms with Crippen LogP contribution in [0.3, 0.4) is 0 Å². The Hall–Kier alpha value is -1.04. The molecule has 0 aliphatic carbocycles. The quantitative estimate of drug-likeness (QED) is 0.459. The van der Waals surface area contributed by atoms with Gasteiger partial charge in [-0.1, -0.05) is 0 Å². The summed E-state index contributed by atoms with van der Waals surface area (Å²) in [6.45, 7) is 0.131. The molecule has 1 amide bonds. The van der Waals surface area contributed by atoms with Gasteiger partial charge in [0.25, 0.3) is 0 Å². The molecule has 0 aromatic rings. The molecule has 1 aliphatic heterocycles. The second-order valence-electron chi connectivity index (χ2n) is 2.91. The predicted molar refractivity (Wildman–Crippen MR) is 42.7 cm³/mol. The molecule has 0 unspecified atom stereocenters. The molecule has 1 saturated heterocycles. The number of aliphatic carboxylic acids is 1. The molecule has 12 heavy (non-hydrogen) atoms. The first-order valence-corrected chi connectivity index (χ1v) is 3.70. The molecule has 0 radical (unpaired) electrons. The molecule has 0 bridgehead atoms. The highest BCUT2D eigenvalue weighted by Gasteiger charge is 2.36. The average molecular weight is 171 g/mol. The van der Waals surface area contributed by atoms with E-state index in [4.69, 9.17) is 10.2 Å². The Morgan fingerprint density at radius 3 is 2.42 bits per heavy atom. The average Bonchev–Trinajstić information content (AvgIpc) is 2.31. The number of carbonyl (C=O) groups excluding carboxylic acids is 1. The minimum Gasteiger partial charge on any atom is -0.480 e. The highest BCUT2D eigenvalue weighted by Crippen LogP contribution is 2.17. The number of amides is 1. The van der Waals surface area contributed by atoms with Crippen molar-refractivity contribution in [3.8, 4) is 0 Å². The van der Waals surface area contributed by atoms with E-state index in [1.165, 1.54) is 12.7 Å². The van der Waals surface area contributed by atoms with Gasteiger partial charge in [0, 0.05) is 13.0 Å². The number of carboxylic acid groups (broad SMARTS) is 1. The van der Waals surface area contributed by atoms with E-state index in [9.17, 15) is 9.59 Å². The molecule has 5 nitrogen and oxygen atoms in total. The standard InChI is InChI=1S/C6H10BNO4/c7-6(12)8-2-3(9)1-4(8)5(10)11/h3-4,9H,1-2,7H2,(H,10,11)/t3-,4+/m1/s1. The Morgan fingerprint density at radius 1 is 1.50 bits per heavy atom. The fourth-order valence-corrected chi connectivity index (χ4v) is 1.40. The van der Waals surface area contributed by atoms with E-state index in [1.54, 1.807) is 0 Å². The van der Waals surface area contributed by atoms with Gasteiger partial charge in [0.1, 0.15) is 6.04 Å². The van der Waals surface area contributed by atoms with Crippen molar-refractivity contribution < 1.29 is 19.8 Å². The van der Waals surface area contributed by atoms with Crippen molar-refractivity contribution in [1.82, 2.24) is 4.90 Å². The molecule has 2 atom stereocenters. The number of likely N-dealkylation sites (tertiary alicyclic amines) is 1. The molecular weight excluding hydrogens is 161 g/mol. The number of β-amino-alcohol motifs (C(OH)–C–C–N with tert-alkyl or cyclic N) is 1. The fraction of sp³-hybridized carbons (Fsp3) is 0.667. The zero-order chi connectivity index (χ0) is 9.30. The molecule has 0 aromatic heterocycles. The van der Waals surface area contributed by atoms with Gasteiger partial charge in [-0.15, -0.1) is 0 Å². The lowest BCUT2D eigenvalue weighted by Gasteiger charge is -2.18. The van der Waals surface area contributed by atoms with E-state index in [2.05, 4.69) is 0 Å². The Balaban J connectivity index is 2.72. The van der Waals surface area contributed by atoms with Gasteiger partial charge in [-0.25, -0.2) is 4.79 Å². The third-order valence-electron chi connectivity index (χ3n) is 1.97. The largest absolute Gasteiger partial charge is 0.480 e. The summed E-state index contributed by atoms with van der Waals surface area (Å²) in [7, 11) is 1.30. The Morgan fingerprint density at radius 2 is 2.08 bits per heavy atom. The van der Waals surface area contributed by atoms with Gasteiger partial charge in [0.05, 0.1) is 6.10 Å². The summed E-state index contributed by atoms with van der Waals surface area (Å²) in [6, 6.07) is -0.850. The number of hydrogen-bond acceptors (Lipinski definition) is 3. The number of nitrogens with zero attached hydrogens (tertiary/aromatic N) is 1. The fourth-order valence-electron chi connectivity index (χ4n) is 1.40. The van der Waals surface area contributed by atoms with Crippen molar-refractivity contribution >= 4 is 19.6 Å². The van der Waals surface area contributed by atoms with Crippen molar-refractivity contribution in [3.05, 3.63) is 0 Å². The van der Waals surface area contributed by atoms with Crippen LogP contribution in [0.4, 0.5) is 4.79 Å². The van der Waals surface area contributed by atoms with Crippen LogP contribution < -0.4 is 0 Å². The lowest BCUT2D eigenvalue weighted by Crippen LogP contribution is -2.39. The Kier molecular flexibility index (Phi) is 2.37. The van der Waals surface area contributed by atoms with Gasteiger partial charge in [-0.3, -0.25) is 4.79 Å². The lowest BCUT2D eigenvalue weighted by atomic mass is 10.1. The summed E-state index contributed by atoms with van der Waals surface area (Å²) in [5.74, 6) is -1.36. The summed E-state index contributed by atoms with van der Waals surface area (Å²) in [6.07, 6.45) is -0.565. The van der Waals surface area contributed by atoms with Crippen molar-refractivity contribution in [3.63, 3.8) is 0 Å². The highest BCUT2D eigenvalue weighted by atomic mass is 16.4. The molecule has 6 heteroatoms. The molecule has 66 valence electrons. The van der Waals surface area contributed by atoms with E-state index in [1.807, 2.05) is 0 Å². The third kappa shape index (κ3) is 1.58. The van der Waals surface area contributed by atoms with Crippen LogP contribution in [0.25, 0.3) is 0 Å². The normalized spacial score (nSPS) is 28.9. The van der Waals surface area contributed by atoms with Gasteiger partial charge >= 0.3 is 5.97 Å². The summed E-state index contributed by atoms with van der Waals surface area (Å²) in [5.41, 5.74) is 0. The van der Waals surface area contributed by atoms with Crippen LogP contribution in [0.15, 0.2) is 0 Å². The molecule has 1 fully saturated rings. The molecule has 1 aliphatic rings. The molecule has 0 aromatic carbocycles. The number of carboxylic acids is 1. The molecular formula is C6H10BNO4. The van der Waals surface area contributed by atoms with Crippen LogP contribution in [-0.2, 0) is 4.79 Å². The molecule has 1 rings (SSSR count). The van der Waals surface area contributed by atoms with Crippen molar-refractivity contribution in [2.45, 2.75) is 18.6 Å². The van der Waals surface area contributed by atoms with Crippen LogP contribution >= 0.6 is 0 Å². The topological polar surface area (TPSA) is 77.8 Å². The first kappa shape index (κ1) is 9.06. The van der Waals surface area contributed by atoms with Crippen LogP contribution in [0.1, 0.15) is 6.42 Å². The monoisotopic (exact) mass is 171 g/mol. The van der Waals surface area contributed by atoms with Gasteiger partial charge in [0.2, 0.25) is 7.85 Å². The predicted octanol–water partition coefficient (Wildman–Crippen LogP) is -1.74. The zero-order valence-corrected chi connectivity index (χ0v) is 6.73. The van der Waals surface area contributed by atoms with Crippen molar-refractivity contribution in [2.24, 2.45) is 0 Å². The van der Waals surface area contributed by atoms with Crippen LogP contribution in [0.5, 0.6) is 0 Å². The smallest absolute Gasteiger partial charge is 0.326 e. The molecule has 0 saturated carbocycles. The maximum absolute atomic E-state index is 10.9. The van der Waals surface area contributed by atoms with Gasteiger partial charge < -0.3 is 15.1 Å². The van der Waals surface area contributed by atoms with Crippen molar-refractivity contribution in [1.29, 1.82) is 0 Å². The van der Waals surface area contributed by atoms with Crippen LogP contribution in [0.2, 0.25) is 0 Å². The summed E-state index contributed by atoms with van der Waals surface area (Å²) < 4.78 is 0. The number of carbonyl (C=O) groups is 2. The molecule has 2 N–H and O–H groups in total.